The molecule has 10 heteroatoms. The lowest BCUT2D eigenvalue weighted by Gasteiger charge is -2.33. The summed E-state index contributed by atoms with van der Waals surface area (Å²) >= 11 is 0. The summed E-state index contributed by atoms with van der Waals surface area (Å²) in [6.45, 7) is 29.4. The zero-order valence-corrected chi connectivity index (χ0v) is 24.6. The Bertz CT molecular complexity index is 477. The van der Waals surface area contributed by atoms with Crippen LogP contribution in [0.15, 0.2) is 50.6 Å². The van der Waals surface area contributed by atoms with Crippen LogP contribution in [-0.4, -0.2) is 82.8 Å². The first-order chi connectivity index (χ1) is 13.3. The van der Waals surface area contributed by atoms with E-state index in [1.54, 1.807) is 0 Å². The van der Waals surface area contributed by atoms with E-state index in [2.05, 4.69) is 88.5 Å². The molecule has 0 radical (unpaired) electrons. The number of hydrogen-bond acceptors (Lipinski definition) is 6. The average molecular weight is 457 g/mol. The standard InChI is InChI=1S/C18H44N6Si4/c1-10-21(11-2)25-19-27-23(13-4)17(8)15-18(9)24(14-5)28-20-26-22(12-3)16(6)7/h10,12,14,16,18-20H,1,3,5,8,11,13,15,25-28H2,2,4,6-7,9H3. The van der Waals surface area contributed by atoms with Crippen molar-refractivity contribution >= 4 is 39.4 Å². The highest BCUT2D eigenvalue weighted by atomic mass is 28.3. The summed E-state index contributed by atoms with van der Waals surface area (Å²) in [5.74, 6) is 0. The van der Waals surface area contributed by atoms with E-state index in [1.807, 2.05) is 18.6 Å². The smallest absolute Gasteiger partial charge is 0.193 e. The first-order valence-electron chi connectivity index (χ1n) is 10.3. The van der Waals surface area contributed by atoms with Crippen LogP contribution >= 0.6 is 0 Å². The Kier molecular flexibility index (Phi) is 15.2. The molecule has 0 heterocycles. The van der Waals surface area contributed by atoms with Crippen LogP contribution in [0, 0.1) is 0 Å². The Labute approximate surface area is 183 Å². The molecule has 0 aromatic carbocycles. The minimum absolute atomic E-state index is 0.426. The third-order valence-electron chi connectivity index (χ3n) is 4.93. The molecule has 0 spiro atoms. The Morgan fingerprint density at radius 3 is 1.89 bits per heavy atom. The van der Waals surface area contributed by atoms with Crippen molar-refractivity contribution in [1.29, 1.82) is 0 Å². The minimum atomic E-state index is -0.550. The molecule has 2 N–H and O–H groups in total. The van der Waals surface area contributed by atoms with E-state index in [4.69, 9.17) is 0 Å². The summed E-state index contributed by atoms with van der Waals surface area (Å²) in [4.78, 5) is 0. The van der Waals surface area contributed by atoms with Gasteiger partial charge >= 0.3 is 0 Å². The van der Waals surface area contributed by atoms with E-state index in [-0.39, 0.29) is 0 Å². The van der Waals surface area contributed by atoms with Gasteiger partial charge in [0, 0.05) is 37.3 Å². The van der Waals surface area contributed by atoms with Crippen molar-refractivity contribution in [3.8, 4) is 0 Å². The summed E-state index contributed by atoms with van der Waals surface area (Å²) in [6.07, 6.45) is 6.91. The van der Waals surface area contributed by atoms with Gasteiger partial charge in [-0.15, -0.1) is 0 Å². The Morgan fingerprint density at radius 1 is 0.857 bits per heavy atom. The third kappa shape index (κ3) is 10.5. The van der Waals surface area contributed by atoms with Crippen LogP contribution in [0.4, 0.5) is 0 Å². The molecule has 0 saturated carbocycles. The number of rotatable bonds is 18. The third-order valence-corrected chi connectivity index (χ3v) is 13.5. The Hall–Kier alpha value is -1.05. The van der Waals surface area contributed by atoms with E-state index in [1.165, 1.54) is 5.70 Å². The quantitative estimate of drug-likeness (QED) is 0.272. The highest BCUT2D eigenvalue weighted by Crippen LogP contribution is 2.12. The summed E-state index contributed by atoms with van der Waals surface area (Å²) in [5.41, 5.74) is 1.25. The van der Waals surface area contributed by atoms with Gasteiger partial charge in [-0.2, -0.15) is 0 Å². The van der Waals surface area contributed by atoms with Crippen LogP contribution < -0.4 is 9.30 Å². The fraction of sp³-hybridized carbons (Fsp3) is 0.556. The fourth-order valence-corrected chi connectivity index (χ4v) is 9.92. The molecule has 6 nitrogen and oxygen atoms in total. The van der Waals surface area contributed by atoms with Crippen molar-refractivity contribution in [3.05, 3.63) is 50.6 Å². The summed E-state index contributed by atoms with van der Waals surface area (Å²) in [6, 6.07) is 0.943. The molecule has 0 aromatic heterocycles. The predicted molar refractivity (Wildman–Crippen MR) is 138 cm³/mol. The Morgan fingerprint density at radius 2 is 1.43 bits per heavy atom. The van der Waals surface area contributed by atoms with Gasteiger partial charge in [-0.1, -0.05) is 26.3 Å². The molecule has 1 atom stereocenters. The second kappa shape index (κ2) is 15.8. The van der Waals surface area contributed by atoms with Crippen molar-refractivity contribution in [1.82, 2.24) is 27.6 Å². The van der Waals surface area contributed by atoms with E-state index in [0.717, 1.165) is 19.5 Å². The predicted octanol–water partition coefficient (Wildman–Crippen LogP) is -0.460. The molecule has 0 aliphatic carbocycles. The lowest BCUT2D eigenvalue weighted by molar-refractivity contribution is 0.409. The molecule has 1 unspecified atom stereocenters. The van der Waals surface area contributed by atoms with Gasteiger partial charge in [0.15, 0.2) is 39.4 Å². The summed E-state index contributed by atoms with van der Waals surface area (Å²) in [7, 11) is -1.96. The number of hydrogen-bond donors (Lipinski definition) is 2. The molecule has 0 bridgehead atoms. The zero-order valence-electron chi connectivity index (χ0n) is 19.0. The van der Waals surface area contributed by atoms with Gasteiger partial charge in [-0.25, -0.2) is 0 Å². The topological polar surface area (TPSA) is 37.0 Å². The molecular weight excluding hydrogens is 413 g/mol. The molecule has 28 heavy (non-hydrogen) atoms. The molecule has 0 aliphatic rings. The minimum Gasteiger partial charge on any atom is -0.397 e. The van der Waals surface area contributed by atoms with E-state index in [0.29, 0.717) is 12.1 Å². The number of nitrogens with one attached hydrogen (secondary N) is 2. The SMILES string of the molecule is C=CN(CC)[SiH2]N[SiH2]N(CC)C(=C)CC(C)N(C=C)[SiH2]N[SiH2]N(C=C)C(C)C. The molecule has 0 fully saturated rings. The lowest BCUT2D eigenvalue weighted by Crippen LogP contribution is -2.48. The van der Waals surface area contributed by atoms with Gasteiger partial charge in [0.05, 0.1) is 0 Å². The molecular formula is C18H44N6Si4. The zero-order chi connectivity index (χ0) is 21.5. The van der Waals surface area contributed by atoms with Crippen molar-refractivity contribution in [2.45, 2.75) is 53.1 Å². The lowest BCUT2D eigenvalue weighted by atomic mass is 10.2. The van der Waals surface area contributed by atoms with Gasteiger partial charge in [-0.3, -0.25) is 0 Å². The molecule has 0 amide bonds. The first kappa shape index (κ1) is 26.9. The van der Waals surface area contributed by atoms with Crippen LogP contribution in [0.3, 0.4) is 0 Å². The maximum absolute atomic E-state index is 4.39. The van der Waals surface area contributed by atoms with E-state index in [9.17, 15) is 0 Å². The van der Waals surface area contributed by atoms with Crippen LogP contribution in [0.1, 0.15) is 41.0 Å². The normalized spacial score (nSPS) is 13.4. The van der Waals surface area contributed by atoms with E-state index >= 15 is 0 Å². The molecule has 0 rings (SSSR count). The maximum Gasteiger partial charge on any atom is 0.193 e. The first-order valence-corrected chi connectivity index (χ1v) is 15.7. The van der Waals surface area contributed by atoms with Crippen molar-refractivity contribution in [2.75, 3.05) is 13.1 Å². The van der Waals surface area contributed by atoms with Crippen LogP contribution in [-0.2, 0) is 0 Å². The van der Waals surface area contributed by atoms with Gasteiger partial charge < -0.3 is 27.6 Å². The molecule has 0 aliphatic heterocycles. The van der Waals surface area contributed by atoms with Crippen LogP contribution in [0.2, 0.25) is 0 Å². The van der Waals surface area contributed by atoms with Crippen molar-refractivity contribution in [3.63, 3.8) is 0 Å². The number of nitrogens with zero attached hydrogens (tertiary/aromatic N) is 4. The summed E-state index contributed by atoms with van der Waals surface area (Å²) in [5, 5.41) is 0. The van der Waals surface area contributed by atoms with Crippen LogP contribution in [0.25, 0.3) is 0 Å². The fourth-order valence-electron chi connectivity index (χ4n) is 2.84. The molecule has 0 saturated heterocycles. The molecule has 162 valence electrons. The van der Waals surface area contributed by atoms with Crippen molar-refractivity contribution in [2.24, 2.45) is 0 Å². The van der Waals surface area contributed by atoms with Gasteiger partial charge in [0.1, 0.15) is 0 Å². The van der Waals surface area contributed by atoms with Crippen LogP contribution in [0.5, 0.6) is 0 Å². The maximum atomic E-state index is 4.39. The second-order valence-corrected chi connectivity index (χ2v) is 15.5. The van der Waals surface area contributed by atoms with E-state index < -0.39 is 39.4 Å². The van der Waals surface area contributed by atoms with Gasteiger partial charge in [0.2, 0.25) is 0 Å². The highest BCUT2D eigenvalue weighted by Gasteiger charge is 2.15. The highest BCUT2D eigenvalue weighted by molar-refractivity contribution is 6.48. The second-order valence-electron chi connectivity index (χ2n) is 7.18. The Balaban J connectivity index is 4.49. The van der Waals surface area contributed by atoms with Gasteiger partial charge in [-0.05, 0) is 53.2 Å². The van der Waals surface area contributed by atoms with Gasteiger partial charge in [0.25, 0.3) is 0 Å². The molecule has 0 aromatic rings. The summed E-state index contributed by atoms with van der Waals surface area (Å²) < 4.78 is 17.1. The largest absolute Gasteiger partial charge is 0.397 e. The van der Waals surface area contributed by atoms with Crippen molar-refractivity contribution < 1.29 is 0 Å². The average Bonchev–Trinajstić information content (AvgIpc) is 2.67. The monoisotopic (exact) mass is 456 g/mol.